The van der Waals surface area contributed by atoms with Crippen LogP contribution in [0.4, 0.5) is 0 Å². The molecule has 0 bridgehead atoms. The van der Waals surface area contributed by atoms with E-state index >= 15 is 0 Å². The Morgan fingerprint density at radius 2 is 2.10 bits per heavy atom. The fourth-order valence-corrected chi connectivity index (χ4v) is 2.08. The van der Waals surface area contributed by atoms with Crippen LogP contribution >= 0.6 is 15.9 Å². The van der Waals surface area contributed by atoms with Gasteiger partial charge in [-0.3, -0.25) is 0 Å². The van der Waals surface area contributed by atoms with Crippen molar-refractivity contribution in [2.75, 3.05) is 13.2 Å². The summed E-state index contributed by atoms with van der Waals surface area (Å²) in [4.78, 5) is 16.2. The number of rotatable bonds is 5. The number of aromatic nitrogens is 2. The van der Waals surface area contributed by atoms with E-state index < -0.39 is 5.97 Å². The molecule has 5 nitrogen and oxygen atoms in total. The number of aliphatic hydroxyl groups excluding tert-OH is 1. The molecule has 0 spiro atoms. The second-order valence-electron chi connectivity index (χ2n) is 4.09. The Kier molecular flexibility index (Phi) is 4.92. The highest BCUT2D eigenvalue weighted by molar-refractivity contribution is 9.10. The smallest absolute Gasteiger partial charge is 0.374 e. The molecule has 20 heavy (non-hydrogen) atoms. The van der Waals surface area contributed by atoms with Crippen LogP contribution in [0.15, 0.2) is 34.9 Å². The van der Waals surface area contributed by atoms with Crippen molar-refractivity contribution in [3.05, 3.63) is 40.8 Å². The Bertz CT molecular complexity index is 593. The van der Waals surface area contributed by atoms with Crippen molar-refractivity contribution in [3.63, 3.8) is 0 Å². The molecule has 2 aromatic rings. The minimum absolute atomic E-state index is 0.0669. The molecule has 0 saturated carbocycles. The van der Waals surface area contributed by atoms with E-state index in [0.717, 1.165) is 10.0 Å². The normalized spacial score (nSPS) is 10.6. The molecule has 0 saturated heterocycles. The van der Waals surface area contributed by atoms with Crippen LogP contribution in [0.1, 0.15) is 17.5 Å². The molecule has 1 heterocycles. The lowest BCUT2D eigenvalue weighted by atomic mass is 10.2. The van der Waals surface area contributed by atoms with Crippen molar-refractivity contribution in [3.8, 4) is 11.3 Å². The van der Waals surface area contributed by atoms with Crippen LogP contribution in [0.5, 0.6) is 0 Å². The van der Waals surface area contributed by atoms with Gasteiger partial charge in [-0.1, -0.05) is 28.1 Å². The number of carbonyl (C=O) groups is 1. The van der Waals surface area contributed by atoms with Crippen molar-refractivity contribution in [1.82, 2.24) is 9.55 Å². The molecule has 1 aromatic carbocycles. The van der Waals surface area contributed by atoms with Gasteiger partial charge < -0.3 is 14.4 Å². The number of hydrogen-bond acceptors (Lipinski definition) is 4. The molecule has 6 heteroatoms. The zero-order valence-electron chi connectivity index (χ0n) is 11.0. The Labute approximate surface area is 125 Å². The molecule has 0 aliphatic heterocycles. The second kappa shape index (κ2) is 6.67. The van der Waals surface area contributed by atoms with Gasteiger partial charge in [0.25, 0.3) is 0 Å². The third kappa shape index (κ3) is 3.26. The van der Waals surface area contributed by atoms with E-state index in [-0.39, 0.29) is 12.4 Å². The lowest BCUT2D eigenvalue weighted by Gasteiger charge is -2.04. The first-order valence-electron chi connectivity index (χ1n) is 6.26. The van der Waals surface area contributed by atoms with Crippen LogP contribution in [0.2, 0.25) is 0 Å². The highest BCUT2D eigenvalue weighted by atomic mass is 79.9. The summed E-state index contributed by atoms with van der Waals surface area (Å²) in [6.07, 6.45) is 1.74. The first-order chi connectivity index (χ1) is 9.65. The van der Waals surface area contributed by atoms with Gasteiger partial charge in [-0.15, -0.1) is 0 Å². The molecule has 1 aromatic heterocycles. The van der Waals surface area contributed by atoms with Crippen molar-refractivity contribution in [2.45, 2.75) is 13.5 Å². The molecular formula is C14H15BrN2O3. The zero-order valence-corrected chi connectivity index (χ0v) is 12.6. The number of halogens is 1. The maximum Gasteiger partial charge on any atom is 0.374 e. The van der Waals surface area contributed by atoms with E-state index in [1.54, 1.807) is 17.7 Å². The van der Waals surface area contributed by atoms with Crippen LogP contribution < -0.4 is 0 Å². The Morgan fingerprint density at radius 1 is 1.40 bits per heavy atom. The first-order valence-corrected chi connectivity index (χ1v) is 7.06. The monoisotopic (exact) mass is 338 g/mol. The predicted molar refractivity (Wildman–Crippen MR) is 78.4 cm³/mol. The van der Waals surface area contributed by atoms with Gasteiger partial charge in [0.15, 0.2) is 0 Å². The molecule has 106 valence electrons. The van der Waals surface area contributed by atoms with Gasteiger partial charge in [0.1, 0.15) is 0 Å². The van der Waals surface area contributed by atoms with Crippen LogP contribution in [-0.2, 0) is 11.3 Å². The summed E-state index contributed by atoms with van der Waals surface area (Å²) in [5.41, 5.74) is 1.57. The summed E-state index contributed by atoms with van der Waals surface area (Å²) in [6, 6.07) is 7.63. The Hall–Kier alpha value is -1.66. The van der Waals surface area contributed by atoms with E-state index in [4.69, 9.17) is 9.84 Å². The van der Waals surface area contributed by atoms with Gasteiger partial charge in [0.2, 0.25) is 5.82 Å². The second-order valence-corrected chi connectivity index (χ2v) is 5.01. The zero-order chi connectivity index (χ0) is 14.5. The predicted octanol–water partition coefficient (Wildman–Crippen LogP) is 2.48. The van der Waals surface area contributed by atoms with Gasteiger partial charge in [-0.25, -0.2) is 9.78 Å². The minimum atomic E-state index is -0.482. The van der Waals surface area contributed by atoms with E-state index in [0.29, 0.717) is 18.8 Å². The summed E-state index contributed by atoms with van der Waals surface area (Å²) in [7, 11) is 0. The molecular weight excluding hydrogens is 324 g/mol. The molecule has 0 radical (unpaired) electrons. The molecule has 2 rings (SSSR count). The summed E-state index contributed by atoms with van der Waals surface area (Å²) in [6.45, 7) is 2.27. The SMILES string of the molecule is CCOC(=O)c1nc(-c2ccc(Br)cc2)cn1CCO. The molecule has 1 N–H and O–H groups in total. The number of nitrogens with zero attached hydrogens (tertiary/aromatic N) is 2. The number of ether oxygens (including phenoxy) is 1. The summed E-state index contributed by atoms with van der Waals surface area (Å²) >= 11 is 3.37. The van der Waals surface area contributed by atoms with Gasteiger partial charge in [0.05, 0.1) is 18.9 Å². The van der Waals surface area contributed by atoms with Crippen molar-refractivity contribution in [2.24, 2.45) is 0 Å². The van der Waals surface area contributed by atoms with Crippen molar-refractivity contribution in [1.29, 1.82) is 0 Å². The quantitative estimate of drug-likeness (QED) is 0.850. The van der Waals surface area contributed by atoms with Crippen molar-refractivity contribution >= 4 is 21.9 Å². The largest absolute Gasteiger partial charge is 0.460 e. The van der Waals surface area contributed by atoms with E-state index in [9.17, 15) is 4.79 Å². The minimum Gasteiger partial charge on any atom is -0.460 e. The average Bonchev–Trinajstić information content (AvgIpc) is 2.84. The number of carbonyl (C=O) groups excluding carboxylic acids is 1. The lowest BCUT2D eigenvalue weighted by molar-refractivity contribution is 0.0505. The maximum absolute atomic E-state index is 11.8. The molecule has 0 atom stereocenters. The first kappa shape index (κ1) is 14.7. The van der Waals surface area contributed by atoms with E-state index in [1.807, 2.05) is 24.3 Å². The Balaban J connectivity index is 2.37. The lowest BCUT2D eigenvalue weighted by Crippen LogP contribution is -2.14. The van der Waals surface area contributed by atoms with Crippen LogP contribution in [0.25, 0.3) is 11.3 Å². The third-order valence-electron chi connectivity index (χ3n) is 2.72. The average molecular weight is 339 g/mol. The molecule has 0 aliphatic carbocycles. The summed E-state index contributed by atoms with van der Waals surface area (Å²) in [5.74, 6) is -0.275. The summed E-state index contributed by atoms with van der Waals surface area (Å²) < 4.78 is 7.55. The molecule has 0 unspecified atom stereocenters. The highest BCUT2D eigenvalue weighted by Gasteiger charge is 2.17. The highest BCUT2D eigenvalue weighted by Crippen LogP contribution is 2.21. The van der Waals surface area contributed by atoms with E-state index in [1.165, 1.54) is 0 Å². The summed E-state index contributed by atoms with van der Waals surface area (Å²) in [5, 5.41) is 9.07. The molecule has 0 fully saturated rings. The topological polar surface area (TPSA) is 64.3 Å². The number of esters is 1. The van der Waals surface area contributed by atoms with E-state index in [2.05, 4.69) is 20.9 Å². The van der Waals surface area contributed by atoms with Crippen LogP contribution in [0, 0.1) is 0 Å². The third-order valence-corrected chi connectivity index (χ3v) is 3.24. The molecule has 0 amide bonds. The fraction of sp³-hybridized carbons (Fsp3) is 0.286. The number of hydrogen-bond donors (Lipinski definition) is 1. The number of benzene rings is 1. The van der Waals surface area contributed by atoms with Gasteiger partial charge in [-0.2, -0.15) is 0 Å². The van der Waals surface area contributed by atoms with Crippen molar-refractivity contribution < 1.29 is 14.6 Å². The van der Waals surface area contributed by atoms with Gasteiger partial charge in [-0.05, 0) is 19.1 Å². The standard InChI is InChI=1S/C14H15BrN2O3/c1-2-20-14(19)13-16-12(9-17(13)7-8-18)10-3-5-11(15)6-4-10/h3-6,9,18H,2,7-8H2,1H3. The van der Waals surface area contributed by atoms with Crippen LogP contribution in [-0.4, -0.2) is 33.8 Å². The number of aliphatic hydroxyl groups is 1. The maximum atomic E-state index is 11.8. The van der Waals surface area contributed by atoms with Gasteiger partial charge >= 0.3 is 5.97 Å². The Morgan fingerprint density at radius 3 is 2.70 bits per heavy atom. The van der Waals surface area contributed by atoms with Gasteiger partial charge in [0, 0.05) is 22.8 Å². The fourth-order valence-electron chi connectivity index (χ4n) is 1.81. The molecule has 0 aliphatic rings. The number of imidazole rings is 1. The van der Waals surface area contributed by atoms with Crippen LogP contribution in [0.3, 0.4) is 0 Å².